The summed E-state index contributed by atoms with van der Waals surface area (Å²) >= 11 is 5.84. The molecule has 0 aliphatic carbocycles. The van der Waals surface area contributed by atoms with E-state index in [0.29, 0.717) is 5.02 Å². The summed E-state index contributed by atoms with van der Waals surface area (Å²) in [5, 5.41) is 8.08. The fraction of sp³-hybridized carbons (Fsp3) is 0.100. The van der Waals surface area contributed by atoms with Gasteiger partial charge in [0.15, 0.2) is 5.69 Å². The number of rotatable bonds is 2. The molecule has 0 atom stereocenters. The number of hydrogen-bond donors (Lipinski definition) is 0. The predicted molar refractivity (Wildman–Crippen MR) is 57.7 cm³/mol. The van der Waals surface area contributed by atoms with E-state index in [-0.39, 0.29) is 5.69 Å². The normalized spacial score (nSPS) is 10.1. The first-order valence-corrected chi connectivity index (χ1v) is 4.85. The Morgan fingerprint density at radius 3 is 3.00 bits per heavy atom. The van der Waals surface area contributed by atoms with Crippen LogP contribution in [0, 0.1) is 0 Å². The molecule has 0 radical (unpaired) electrons. The minimum Gasteiger partial charge on any atom is -0.464 e. The van der Waals surface area contributed by atoms with E-state index in [9.17, 15) is 4.79 Å². The van der Waals surface area contributed by atoms with Gasteiger partial charge >= 0.3 is 5.97 Å². The Labute approximate surface area is 96.6 Å². The van der Waals surface area contributed by atoms with Crippen LogP contribution in [0.25, 0.3) is 5.69 Å². The van der Waals surface area contributed by atoms with Gasteiger partial charge in [0, 0.05) is 5.02 Å². The van der Waals surface area contributed by atoms with Crippen LogP contribution in [0.3, 0.4) is 0 Å². The second kappa shape index (κ2) is 4.32. The van der Waals surface area contributed by atoms with Crippen LogP contribution in [0.1, 0.15) is 10.5 Å². The average molecular weight is 238 g/mol. The topological polar surface area (TPSA) is 57.0 Å². The minimum atomic E-state index is -0.520. The highest BCUT2D eigenvalue weighted by molar-refractivity contribution is 6.30. The van der Waals surface area contributed by atoms with E-state index in [0.717, 1.165) is 5.69 Å². The highest BCUT2D eigenvalue weighted by atomic mass is 35.5. The molecule has 2 aromatic rings. The summed E-state index contributed by atoms with van der Waals surface area (Å²) in [6.45, 7) is 0. The average Bonchev–Trinajstić information content (AvgIpc) is 2.77. The van der Waals surface area contributed by atoms with E-state index >= 15 is 0 Å². The zero-order chi connectivity index (χ0) is 11.5. The van der Waals surface area contributed by atoms with Crippen LogP contribution in [0.15, 0.2) is 30.5 Å². The number of benzene rings is 1. The SMILES string of the molecule is COC(=O)c1cn(-c2cccc(Cl)c2)nn1. The van der Waals surface area contributed by atoms with Gasteiger partial charge in [0.25, 0.3) is 0 Å². The molecule has 1 aromatic heterocycles. The molecule has 0 saturated heterocycles. The molecule has 0 amide bonds. The van der Waals surface area contributed by atoms with Crippen molar-refractivity contribution in [1.82, 2.24) is 15.0 Å². The van der Waals surface area contributed by atoms with E-state index in [1.165, 1.54) is 18.0 Å². The van der Waals surface area contributed by atoms with Crippen molar-refractivity contribution in [2.24, 2.45) is 0 Å². The van der Waals surface area contributed by atoms with Gasteiger partial charge < -0.3 is 4.74 Å². The molecule has 0 unspecified atom stereocenters. The molecule has 0 fully saturated rings. The molecular formula is C10H8ClN3O2. The van der Waals surface area contributed by atoms with Crippen LogP contribution in [0.5, 0.6) is 0 Å². The lowest BCUT2D eigenvalue weighted by molar-refractivity contribution is 0.0594. The third-order valence-electron chi connectivity index (χ3n) is 1.96. The molecule has 1 aromatic carbocycles. The van der Waals surface area contributed by atoms with Gasteiger partial charge in [0.05, 0.1) is 19.0 Å². The number of carbonyl (C=O) groups excluding carboxylic acids is 1. The molecule has 2 rings (SSSR count). The molecule has 5 nitrogen and oxygen atoms in total. The number of ether oxygens (including phenoxy) is 1. The van der Waals surface area contributed by atoms with Crippen LogP contribution < -0.4 is 0 Å². The van der Waals surface area contributed by atoms with Crippen molar-refractivity contribution >= 4 is 17.6 Å². The summed E-state index contributed by atoms with van der Waals surface area (Å²) in [6.07, 6.45) is 1.48. The van der Waals surface area contributed by atoms with Gasteiger partial charge in [-0.25, -0.2) is 9.48 Å². The van der Waals surface area contributed by atoms with Gasteiger partial charge in [-0.1, -0.05) is 22.9 Å². The Bertz CT molecular complexity index is 524. The van der Waals surface area contributed by atoms with Crippen LogP contribution in [0.2, 0.25) is 5.02 Å². The van der Waals surface area contributed by atoms with Crippen molar-refractivity contribution in [1.29, 1.82) is 0 Å². The molecule has 0 bridgehead atoms. The zero-order valence-corrected chi connectivity index (χ0v) is 9.18. The van der Waals surface area contributed by atoms with Crippen molar-refractivity contribution < 1.29 is 9.53 Å². The summed E-state index contributed by atoms with van der Waals surface area (Å²) < 4.78 is 5.98. The Kier molecular flexibility index (Phi) is 2.87. The van der Waals surface area contributed by atoms with Crippen LogP contribution >= 0.6 is 11.6 Å². The highest BCUT2D eigenvalue weighted by Gasteiger charge is 2.11. The van der Waals surface area contributed by atoms with E-state index < -0.39 is 5.97 Å². The summed E-state index contributed by atoms with van der Waals surface area (Å²) in [7, 11) is 1.29. The molecule has 0 aliphatic heterocycles. The standard InChI is InChI=1S/C10H8ClN3O2/c1-16-10(15)9-6-14(13-12-9)8-4-2-3-7(11)5-8/h2-6H,1H3. The third-order valence-corrected chi connectivity index (χ3v) is 2.20. The quantitative estimate of drug-likeness (QED) is 0.746. The second-order valence-corrected chi connectivity index (χ2v) is 3.46. The van der Waals surface area contributed by atoms with Gasteiger partial charge in [0.1, 0.15) is 0 Å². The number of hydrogen-bond acceptors (Lipinski definition) is 4. The monoisotopic (exact) mass is 237 g/mol. The molecule has 0 saturated carbocycles. The number of methoxy groups -OCH3 is 1. The van der Waals surface area contributed by atoms with Crippen molar-refractivity contribution in [3.05, 3.63) is 41.2 Å². The largest absolute Gasteiger partial charge is 0.464 e. The molecule has 0 N–H and O–H groups in total. The Hall–Kier alpha value is -1.88. The lowest BCUT2D eigenvalue weighted by atomic mass is 10.3. The molecule has 82 valence electrons. The Balaban J connectivity index is 2.35. The maximum absolute atomic E-state index is 11.2. The molecule has 16 heavy (non-hydrogen) atoms. The van der Waals surface area contributed by atoms with Gasteiger partial charge in [-0.3, -0.25) is 0 Å². The lowest BCUT2D eigenvalue weighted by Gasteiger charge is -1.99. The summed E-state index contributed by atoms with van der Waals surface area (Å²) in [5.41, 5.74) is 0.887. The van der Waals surface area contributed by atoms with E-state index in [2.05, 4.69) is 15.0 Å². The maximum atomic E-state index is 11.2. The third kappa shape index (κ3) is 2.04. The predicted octanol–water partition coefficient (Wildman–Crippen LogP) is 1.71. The van der Waals surface area contributed by atoms with E-state index in [4.69, 9.17) is 11.6 Å². The highest BCUT2D eigenvalue weighted by Crippen LogP contribution is 2.13. The molecule has 0 spiro atoms. The van der Waals surface area contributed by atoms with Crippen LogP contribution in [-0.4, -0.2) is 28.1 Å². The van der Waals surface area contributed by atoms with Crippen LogP contribution in [-0.2, 0) is 4.74 Å². The van der Waals surface area contributed by atoms with Crippen molar-refractivity contribution in [2.45, 2.75) is 0 Å². The Morgan fingerprint density at radius 1 is 1.50 bits per heavy atom. The van der Waals surface area contributed by atoms with Gasteiger partial charge in [-0.15, -0.1) is 5.10 Å². The van der Waals surface area contributed by atoms with E-state index in [1.807, 2.05) is 6.07 Å². The fourth-order valence-corrected chi connectivity index (χ4v) is 1.39. The van der Waals surface area contributed by atoms with Gasteiger partial charge in [-0.2, -0.15) is 0 Å². The van der Waals surface area contributed by atoms with Crippen molar-refractivity contribution in [3.8, 4) is 5.69 Å². The lowest BCUT2D eigenvalue weighted by Crippen LogP contribution is -2.01. The molecule has 1 heterocycles. The van der Waals surface area contributed by atoms with Gasteiger partial charge in [-0.05, 0) is 18.2 Å². The number of halogens is 1. The minimum absolute atomic E-state index is 0.155. The first kappa shape index (κ1) is 10.6. The molecule has 0 aliphatic rings. The number of nitrogens with zero attached hydrogens (tertiary/aromatic N) is 3. The number of carbonyl (C=O) groups is 1. The fourth-order valence-electron chi connectivity index (χ4n) is 1.21. The van der Waals surface area contributed by atoms with Crippen LogP contribution in [0.4, 0.5) is 0 Å². The molecule has 6 heteroatoms. The first-order chi connectivity index (χ1) is 7.70. The summed E-state index contributed by atoms with van der Waals surface area (Å²) in [6, 6.07) is 7.07. The number of aromatic nitrogens is 3. The second-order valence-electron chi connectivity index (χ2n) is 3.02. The van der Waals surface area contributed by atoms with Crippen molar-refractivity contribution in [3.63, 3.8) is 0 Å². The van der Waals surface area contributed by atoms with Crippen molar-refractivity contribution in [2.75, 3.05) is 7.11 Å². The Morgan fingerprint density at radius 2 is 2.31 bits per heavy atom. The zero-order valence-electron chi connectivity index (χ0n) is 8.42. The summed E-state index contributed by atoms with van der Waals surface area (Å²) in [5.74, 6) is -0.520. The van der Waals surface area contributed by atoms with E-state index in [1.54, 1.807) is 18.2 Å². The smallest absolute Gasteiger partial charge is 0.360 e. The number of esters is 1. The maximum Gasteiger partial charge on any atom is 0.360 e. The first-order valence-electron chi connectivity index (χ1n) is 4.47. The van der Waals surface area contributed by atoms with Gasteiger partial charge in [0.2, 0.25) is 0 Å². The summed E-state index contributed by atoms with van der Waals surface area (Å²) in [4.78, 5) is 11.2. The molecular weight excluding hydrogens is 230 g/mol.